The van der Waals surface area contributed by atoms with E-state index in [0.717, 1.165) is 42.2 Å². The number of aliphatic hydroxyl groups is 1. The van der Waals surface area contributed by atoms with Gasteiger partial charge in [-0.2, -0.15) is 0 Å². The maximum Gasteiger partial charge on any atom is 0.133 e. The summed E-state index contributed by atoms with van der Waals surface area (Å²) < 4.78 is 0.855. The first-order valence-electron chi connectivity index (χ1n) is 6.62. The van der Waals surface area contributed by atoms with E-state index in [-0.39, 0.29) is 6.61 Å². The van der Waals surface area contributed by atoms with Crippen molar-refractivity contribution in [3.05, 3.63) is 16.5 Å². The van der Waals surface area contributed by atoms with Crippen LogP contribution in [0.4, 0.5) is 5.82 Å². The average molecular weight is 314 g/mol. The molecule has 0 spiro atoms. The lowest BCUT2D eigenvalue weighted by Crippen LogP contribution is -2.36. The molecule has 5 heteroatoms. The van der Waals surface area contributed by atoms with Gasteiger partial charge in [0, 0.05) is 32.2 Å². The highest BCUT2D eigenvalue weighted by atomic mass is 79.9. The van der Waals surface area contributed by atoms with Gasteiger partial charge in [-0.3, -0.25) is 0 Å². The van der Waals surface area contributed by atoms with Crippen LogP contribution in [-0.2, 0) is 6.42 Å². The Balaban J connectivity index is 2.12. The zero-order valence-corrected chi connectivity index (χ0v) is 12.4. The van der Waals surface area contributed by atoms with Gasteiger partial charge in [0.25, 0.3) is 0 Å². The number of anilines is 1. The smallest absolute Gasteiger partial charge is 0.133 e. The van der Waals surface area contributed by atoms with Crippen molar-refractivity contribution in [2.45, 2.75) is 32.6 Å². The van der Waals surface area contributed by atoms with Gasteiger partial charge in [0.2, 0.25) is 0 Å². The van der Waals surface area contributed by atoms with Crippen molar-refractivity contribution in [2.75, 3.05) is 24.6 Å². The molecule has 1 unspecified atom stereocenters. The summed E-state index contributed by atoms with van der Waals surface area (Å²) in [5, 5.41) is 9.05. The lowest BCUT2D eigenvalue weighted by atomic mass is 9.95. The zero-order valence-electron chi connectivity index (χ0n) is 10.8. The summed E-state index contributed by atoms with van der Waals surface area (Å²) in [6.07, 6.45) is 4.13. The standard InChI is InChI=1S/C13H20BrN3O/c1-2-12-15-11(14)8-13(16-12)17-6-3-4-10(9-17)5-7-18/h8,10,18H,2-7,9H2,1H3. The van der Waals surface area contributed by atoms with Crippen LogP contribution in [-0.4, -0.2) is 34.8 Å². The SMILES string of the molecule is CCc1nc(Br)cc(N2CCCC(CCO)C2)n1. The van der Waals surface area contributed by atoms with Gasteiger partial charge in [0.05, 0.1) is 0 Å². The van der Waals surface area contributed by atoms with Crippen LogP contribution < -0.4 is 4.90 Å². The molecule has 0 amide bonds. The predicted molar refractivity (Wildman–Crippen MR) is 75.7 cm³/mol. The third-order valence-corrected chi connectivity index (χ3v) is 3.83. The molecule has 0 radical (unpaired) electrons. The molecule has 1 aliphatic heterocycles. The minimum Gasteiger partial charge on any atom is -0.396 e. The quantitative estimate of drug-likeness (QED) is 0.867. The van der Waals surface area contributed by atoms with Crippen LogP contribution in [0, 0.1) is 5.92 Å². The number of aliphatic hydroxyl groups excluding tert-OH is 1. The molecular formula is C13H20BrN3O. The van der Waals surface area contributed by atoms with Crippen molar-refractivity contribution >= 4 is 21.7 Å². The van der Waals surface area contributed by atoms with E-state index < -0.39 is 0 Å². The highest BCUT2D eigenvalue weighted by Crippen LogP contribution is 2.25. The molecule has 1 saturated heterocycles. The molecule has 2 heterocycles. The van der Waals surface area contributed by atoms with E-state index in [1.165, 1.54) is 12.8 Å². The van der Waals surface area contributed by atoms with Gasteiger partial charge in [-0.15, -0.1) is 0 Å². The van der Waals surface area contributed by atoms with Crippen molar-refractivity contribution in [3.63, 3.8) is 0 Å². The van der Waals surface area contributed by atoms with Crippen LogP contribution in [0.1, 0.15) is 32.0 Å². The normalized spacial score (nSPS) is 20.2. The largest absolute Gasteiger partial charge is 0.396 e. The Morgan fingerprint density at radius 1 is 1.50 bits per heavy atom. The number of piperidine rings is 1. The van der Waals surface area contributed by atoms with E-state index in [1.54, 1.807) is 0 Å². The molecule has 1 aromatic heterocycles. The van der Waals surface area contributed by atoms with Crippen molar-refractivity contribution in [1.82, 2.24) is 9.97 Å². The van der Waals surface area contributed by atoms with E-state index in [0.29, 0.717) is 5.92 Å². The summed E-state index contributed by atoms with van der Waals surface area (Å²) in [5.74, 6) is 2.47. The molecule has 0 saturated carbocycles. The van der Waals surface area contributed by atoms with E-state index in [2.05, 4.69) is 37.7 Å². The van der Waals surface area contributed by atoms with Crippen molar-refractivity contribution in [3.8, 4) is 0 Å². The number of nitrogens with zero attached hydrogens (tertiary/aromatic N) is 3. The van der Waals surface area contributed by atoms with Crippen LogP contribution in [0.25, 0.3) is 0 Å². The summed E-state index contributed by atoms with van der Waals surface area (Å²) >= 11 is 3.45. The molecule has 1 aliphatic rings. The van der Waals surface area contributed by atoms with E-state index in [9.17, 15) is 0 Å². The second-order valence-corrected chi connectivity index (χ2v) is 5.60. The molecule has 4 nitrogen and oxygen atoms in total. The number of rotatable bonds is 4. The van der Waals surface area contributed by atoms with Gasteiger partial charge in [0.15, 0.2) is 0 Å². The molecule has 1 aromatic rings. The second kappa shape index (κ2) is 6.48. The van der Waals surface area contributed by atoms with Crippen LogP contribution >= 0.6 is 15.9 Å². The Labute approximate surface area is 117 Å². The van der Waals surface area contributed by atoms with Crippen LogP contribution in [0.3, 0.4) is 0 Å². The molecule has 0 aromatic carbocycles. The average Bonchev–Trinajstić information content (AvgIpc) is 2.39. The zero-order chi connectivity index (χ0) is 13.0. The second-order valence-electron chi connectivity index (χ2n) is 4.79. The maximum absolute atomic E-state index is 9.05. The molecule has 1 fully saturated rings. The summed E-state index contributed by atoms with van der Waals surface area (Å²) in [7, 11) is 0. The number of halogens is 1. The number of hydrogen-bond donors (Lipinski definition) is 1. The molecule has 2 rings (SSSR count). The van der Waals surface area contributed by atoms with Gasteiger partial charge in [-0.25, -0.2) is 9.97 Å². The first kappa shape index (κ1) is 13.7. The molecule has 0 bridgehead atoms. The van der Waals surface area contributed by atoms with Crippen molar-refractivity contribution in [2.24, 2.45) is 5.92 Å². The predicted octanol–water partition coefficient (Wildman–Crippen LogP) is 2.40. The summed E-state index contributed by atoms with van der Waals surface area (Å²) in [6, 6.07) is 1.99. The van der Waals surface area contributed by atoms with Crippen LogP contribution in [0.2, 0.25) is 0 Å². The Morgan fingerprint density at radius 2 is 2.33 bits per heavy atom. The van der Waals surface area contributed by atoms with Crippen molar-refractivity contribution in [1.29, 1.82) is 0 Å². The highest BCUT2D eigenvalue weighted by molar-refractivity contribution is 9.10. The van der Waals surface area contributed by atoms with E-state index >= 15 is 0 Å². The minimum absolute atomic E-state index is 0.284. The monoisotopic (exact) mass is 313 g/mol. The lowest BCUT2D eigenvalue weighted by Gasteiger charge is -2.33. The Morgan fingerprint density at radius 3 is 3.06 bits per heavy atom. The molecule has 100 valence electrons. The number of hydrogen-bond acceptors (Lipinski definition) is 4. The first-order chi connectivity index (χ1) is 8.72. The van der Waals surface area contributed by atoms with Gasteiger partial charge in [0.1, 0.15) is 16.2 Å². The fraction of sp³-hybridized carbons (Fsp3) is 0.692. The maximum atomic E-state index is 9.05. The van der Waals surface area contributed by atoms with Gasteiger partial charge in [-0.1, -0.05) is 6.92 Å². The topological polar surface area (TPSA) is 49.2 Å². The Bertz CT molecular complexity index is 398. The molecule has 18 heavy (non-hydrogen) atoms. The summed E-state index contributed by atoms with van der Waals surface area (Å²) in [4.78, 5) is 11.2. The molecule has 1 atom stereocenters. The lowest BCUT2D eigenvalue weighted by molar-refractivity contribution is 0.244. The van der Waals surface area contributed by atoms with Crippen molar-refractivity contribution < 1.29 is 5.11 Å². The molecule has 0 aliphatic carbocycles. The Kier molecular flexibility index (Phi) is 4.95. The van der Waals surface area contributed by atoms with Crippen LogP contribution in [0.15, 0.2) is 10.7 Å². The summed E-state index contributed by atoms with van der Waals surface area (Å²) in [5.41, 5.74) is 0. The molecular weight excluding hydrogens is 294 g/mol. The molecule has 1 N–H and O–H groups in total. The Hall–Kier alpha value is -0.680. The van der Waals surface area contributed by atoms with Gasteiger partial charge >= 0.3 is 0 Å². The fourth-order valence-electron chi connectivity index (χ4n) is 2.46. The highest BCUT2D eigenvalue weighted by Gasteiger charge is 2.21. The minimum atomic E-state index is 0.284. The van der Waals surface area contributed by atoms with Gasteiger partial charge < -0.3 is 10.0 Å². The van der Waals surface area contributed by atoms with Crippen LogP contribution in [0.5, 0.6) is 0 Å². The number of aryl methyl sites for hydroxylation is 1. The van der Waals surface area contributed by atoms with Gasteiger partial charge in [-0.05, 0) is 41.1 Å². The number of aromatic nitrogens is 2. The third-order valence-electron chi connectivity index (χ3n) is 3.42. The fourth-order valence-corrected chi connectivity index (χ4v) is 2.87. The van der Waals surface area contributed by atoms with E-state index in [1.807, 2.05) is 6.07 Å². The third kappa shape index (κ3) is 3.42. The van der Waals surface area contributed by atoms with E-state index in [4.69, 9.17) is 5.11 Å². The first-order valence-corrected chi connectivity index (χ1v) is 7.41. The summed E-state index contributed by atoms with van der Waals surface area (Å²) in [6.45, 7) is 4.39.